The fourth-order valence-corrected chi connectivity index (χ4v) is 2.55. The van der Waals surface area contributed by atoms with Crippen molar-refractivity contribution in [3.63, 3.8) is 0 Å². The Bertz CT molecular complexity index is 253. The Kier molecular flexibility index (Phi) is 3.13. The van der Waals surface area contributed by atoms with Crippen LogP contribution in [0.4, 0.5) is 0 Å². The van der Waals surface area contributed by atoms with Crippen molar-refractivity contribution in [2.75, 3.05) is 0 Å². The number of hydrogen-bond acceptors (Lipinski definition) is 2. The number of carbonyl (C=O) groups excluding carboxylic acids is 2. The van der Waals surface area contributed by atoms with Crippen molar-refractivity contribution in [2.24, 2.45) is 22.8 Å². The van der Waals surface area contributed by atoms with Gasteiger partial charge >= 0.3 is 0 Å². The van der Waals surface area contributed by atoms with E-state index in [9.17, 15) is 9.59 Å². The molecule has 0 aromatic heterocycles. The number of hydrogen-bond donors (Lipinski definition) is 2. The maximum atomic E-state index is 11.4. The van der Waals surface area contributed by atoms with Gasteiger partial charge in [0.25, 0.3) is 0 Å². The van der Waals surface area contributed by atoms with Crippen molar-refractivity contribution < 1.29 is 9.59 Å². The average molecular weight is 198 g/mol. The molecule has 2 unspecified atom stereocenters. The van der Waals surface area contributed by atoms with Crippen molar-refractivity contribution in [1.29, 1.82) is 0 Å². The Balaban J connectivity index is 2.98. The molecule has 0 radical (unpaired) electrons. The van der Waals surface area contributed by atoms with Crippen molar-refractivity contribution in [1.82, 2.24) is 0 Å². The zero-order valence-electron chi connectivity index (χ0n) is 8.58. The second-order valence-electron chi connectivity index (χ2n) is 4.07. The van der Waals surface area contributed by atoms with Crippen LogP contribution in [0.25, 0.3) is 0 Å². The molecule has 80 valence electrons. The van der Waals surface area contributed by atoms with Gasteiger partial charge in [-0.2, -0.15) is 0 Å². The van der Waals surface area contributed by atoms with Gasteiger partial charge in [0.1, 0.15) is 0 Å². The predicted octanol–water partition coefficient (Wildman–Crippen LogP) is 0.544. The summed E-state index contributed by atoms with van der Waals surface area (Å²) in [6, 6.07) is 0. The molecule has 0 bridgehead atoms. The molecule has 0 aromatic carbocycles. The van der Waals surface area contributed by atoms with E-state index in [1.807, 2.05) is 6.92 Å². The SMILES string of the molecule is CCC1(C(N)=O)CCCCC1C(N)=O. The summed E-state index contributed by atoms with van der Waals surface area (Å²) >= 11 is 0. The second kappa shape index (κ2) is 3.98. The lowest BCUT2D eigenvalue weighted by molar-refractivity contribution is -0.142. The molecule has 0 heterocycles. The van der Waals surface area contributed by atoms with E-state index in [1.54, 1.807) is 0 Å². The van der Waals surface area contributed by atoms with Gasteiger partial charge in [-0.25, -0.2) is 0 Å². The van der Waals surface area contributed by atoms with Gasteiger partial charge in [0.05, 0.1) is 11.3 Å². The molecule has 1 saturated carbocycles. The summed E-state index contributed by atoms with van der Waals surface area (Å²) in [5.74, 6) is -1.12. The molecular weight excluding hydrogens is 180 g/mol. The van der Waals surface area contributed by atoms with Crippen LogP contribution in [0.3, 0.4) is 0 Å². The first-order valence-electron chi connectivity index (χ1n) is 5.14. The highest BCUT2D eigenvalue weighted by molar-refractivity contribution is 5.89. The zero-order valence-corrected chi connectivity index (χ0v) is 8.58. The van der Waals surface area contributed by atoms with E-state index < -0.39 is 5.41 Å². The number of rotatable bonds is 3. The van der Waals surface area contributed by atoms with Gasteiger partial charge < -0.3 is 11.5 Å². The third-order valence-electron chi connectivity index (χ3n) is 3.50. The third kappa shape index (κ3) is 1.61. The van der Waals surface area contributed by atoms with Crippen LogP contribution >= 0.6 is 0 Å². The van der Waals surface area contributed by atoms with Crippen LogP contribution in [0.2, 0.25) is 0 Å². The lowest BCUT2D eigenvalue weighted by Gasteiger charge is -2.39. The summed E-state index contributed by atoms with van der Waals surface area (Å²) in [7, 11) is 0. The fourth-order valence-electron chi connectivity index (χ4n) is 2.55. The van der Waals surface area contributed by atoms with Crippen LogP contribution in [0.15, 0.2) is 0 Å². The summed E-state index contributed by atoms with van der Waals surface area (Å²) in [5.41, 5.74) is 10.0. The van der Waals surface area contributed by atoms with Gasteiger partial charge in [-0.3, -0.25) is 9.59 Å². The maximum absolute atomic E-state index is 11.4. The topological polar surface area (TPSA) is 86.2 Å². The van der Waals surface area contributed by atoms with E-state index in [0.717, 1.165) is 12.8 Å². The Labute approximate surface area is 84.0 Å². The number of nitrogens with two attached hydrogens (primary N) is 2. The van der Waals surface area contributed by atoms with E-state index in [-0.39, 0.29) is 17.7 Å². The molecule has 1 aliphatic carbocycles. The first-order valence-corrected chi connectivity index (χ1v) is 5.14. The average Bonchev–Trinajstić information content (AvgIpc) is 2.17. The van der Waals surface area contributed by atoms with Crippen LogP contribution in [-0.4, -0.2) is 11.8 Å². The van der Waals surface area contributed by atoms with Crippen molar-refractivity contribution in [3.05, 3.63) is 0 Å². The van der Waals surface area contributed by atoms with E-state index in [4.69, 9.17) is 11.5 Å². The van der Waals surface area contributed by atoms with Crippen LogP contribution in [-0.2, 0) is 9.59 Å². The van der Waals surface area contributed by atoms with Crippen LogP contribution in [0.1, 0.15) is 39.0 Å². The quantitative estimate of drug-likeness (QED) is 0.693. The summed E-state index contributed by atoms with van der Waals surface area (Å²) in [6.45, 7) is 1.89. The molecule has 2 amide bonds. The summed E-state index contributed by atoms with van der Waals surface area (Å²) in [5, 5.41) is 0. The van der Waals surface area contributed by atoms with Crippen LogP contribution in [0.5, 0.6) is 0 Å². The number of amides is 2. The minimum Gasteiger partial charge on any atom is -0.369 e. The first kappa shape index (κ1) is 11.0. The molecule has 2 atom stereocenters. The molecular formula is C10H18N2O2. The monoisotopic (exact) mass is 198 g/mol. The Morgan fingerprint density at radius 2 is 2.00 bits per heavy atom. The van der Waals surface area contributed by atoms with Crippen LogP contribution < -0.4 is 11.5 Å². The molecule has 0 saturated heterocycles. The second-order valence-corrected chi connectivity index (χ2v) is 4.07. The maximum Gasteiger partial charge on any atom is 0.224 e. The molecule has 14 heavy (non-hydrogen) atoms. The van der Waals surface area contributed by atoms with Gasteiger partial charge in [-0.15, -0.1) is 0 Å². The highest BCUT2D eigenvalue weighted by atomic mass is 16.2. The molecule has 4 heteroatoms. The largest absolute Gasteiger partial charge is 0.369 e. The van der Waals surface area contributed by atoms with Gasteiger partial charge in [0, 0.05) is 0 Å². The van der Waals surface area contributed by atoms with Gasteiger partial charge in [0.15, 0.2) is 0 Å². The standard InChI is InChI=1S/C10H18N2O2/c1-2-10(9(12)14)6-4-3-5-7(10)8(11)13/h7H,2-6H2,1H3,(H2,11,13)(H2,12,14). The van der Waals surface area contributed by atoms with E-state index in [2.05, 4.69) is 0 Å². The molecule has 1 aliphatic rings. The molecule has 0 aliphatic heterocycles. The summed E-state index contributed by atoms with van der Waals surface area (Å²) < 4.78 is 0. The van der Waals surface area contributed by atoms with Gasteiger partial charge in [-0.1, -0.05) is 19.8 Å². The van der Waals surface area contributed by atoms with Crippen molar-refractivity contribution >= 4 is 11.8 Å². The van der Waals surface area contributed by atoms with Crippen molar-refractivity contribution in [2.45, 2.75) is 39.0 Å². The van der Waals surface area contributed by atoms with Crippen LogP contribution in [0, 0.1) is 11.3 Å². The summed E-state index contributed by atoms with van der Waals surface area (Å²) in [4.78, 5) is 22.7. The Hall–Kier alpha value is -1.06. The molecule has 0 spiro atoms. The zero-order chi connectivity index (χ0) is 10.8. The van der Waals surface area contributed by atoms with E-state index >= 15 is 0 Å². The van der Waals surface area contributed by atoms with E-state index in [1.165, 1.54) is 0 Å². The molecule has 1 fully saturated rings. The Morgan fingerprint density at radius 3 is 2.36 bits per heavy atom. The molecule has 1 rings (SSSR count). The fraction of sp³-hybridized carbons (Fsp3) is 0.800. The smallest absolute Gasteiger partial charge is 0.224 e. The molecule has 0 aromatic rings. The number of carbonyl (C=O) groups is 2. The first-order chi connectivity index (χ1) is 6.54. The molecule has 4 N–H and O–H groups in total. The lowest BCUT2D eigenvalue weighted by Crippen LogP contribution is -2.49. The Morgan fingerprint density at radius 1 is 1.36 bits per heavy atom. The van der Waals surface area contributed by atoms with Gasteiger partial charge in [0.2, 0.25) is 11.8 Å². The third-order valence-corrected chi connectivity index (χ3v) is 3.50. The lowest BCUT2D eigenvalue weighted by atomic mass is 9.64. The highest BCUT2D eigenvalue weighted by Gasteiger charge is 2.46. The number of primary amides is 2. The summed E-state index contributed by atoms with van der Waals surface area (Å²) in [6.07, 6.45) is 3.93. The minimum absolute atomic E-state index is 0.362. The van der Waals surface area contributed by atoms with Gasteiger partial charge in [-0.05, 0) is 19.3 Å². The minimum atomic E-state index is -0.677. The van der Waals surface area contributed by atoms with Crippen molar-refractivity contribution in [3.8, 4) is 0 Å². The molecule has 4 nitrogen and oxygen atoms in total. The van der Waals surface area contributed by atoms with E-state index in [0.29, 0.717) is 19.3 Å². The predicted molar refractivity (Wildman–Crippen MR) is 53.1 cm³/mol. The highest BCUT2D eigenvalue weighted by Crippen LogP contribution is 2.43. The normalized spacial score (nSPS) is 32.5.